The number of amides is 1. The minimum Gasteiger partial charge on any atom is -0.388 e. The Morgan fingerprint density at radius 2 is 2.07 bits per heavy atom. The van der Waals surface area contributed by atoms with E-state index in [4.69, 9.17) is 5.73 Å². The zero-order chi connectivity index (χ0) is 30.7. The fraction of sp³-hybridized carbons (Fsp3) is 0.647. The fourth-order valence-corrected chi connectivity index (χ4v) is 8.45. The van der Waals surface area contributed by atoms with Gasteiger partial charge in [0.15, 0.2) is 0 Å². The lowest BCUT2D eigenvalue weighted by atomic mass is 9.71. The van der Waals surface area contributed by atoms with E-state index in [1.54, 1.807) is 0 Å². The van der Waals surface area contributed by atoms with E-state index in [1.165, 1.54) is 19.1 Å². The number of aliphatic hydroxyl groups excluding tert-OH is 1. The fourth-order valence-electron chi connectivity index (χ4n) is 8.45. The topological polar surface area (TPSA) is 125 Å². The highest BCUT2D eigenvalue weighted by atomic mass is 19.1. The lowest BCUT2D eigenvalue weighted by Gasteiger charge is -2.33. The Bertz CT molecular complexity index is 1250. The second kappa shape index (κ2) is 13.7. The van der Waals surface area contributed by atoms with Gasteiger partial charge in [0.1, 0.15) is 24.6 Å². The van der Waals surface area contributed by atoms with Crippen molar-refractivity contribution in [3.8, 4) is 0 Å². The van der Waals surface area contributed by atoms with Crippen molar-refractivity contribution >= 4 is 36.1 Å². The predicted molar refractivity (Wildman–Crippen MR) is 166 cm³/mol. The van der Waals surface area contributed by atoms with Crippen LogP contribution in [0.2, 0.25) is 0 Å². The number of halogens is 1. The number of aliphatic imine (C=N–C) groups is 1. The lowest BCUT2D eigenvalue weighted by molar-refractivity contribution is -0.127. The highest BCUT2D eigenvalue weighted by molar-refractivity contribution is 5.79. The number of aldehydes is 2. The van der Waals surface area contributed by atoms with Crippen LogP contribution in [-0.4, -0.2) is 49.1 Å². The standard InChI is InChI=1S/C34H47FN4O4/c1-3-21-5-4-10-39(11-8-21)30-7-6-25(17-28(30)31(42)9-12-40)38-34-20(2)13-22(29(35)18-37-34)15-27-26-16-23(14-24(26)19-41)32(27)33(36)43/h6-7,12,17-21,23-24,26-27,31-32,34,38,42H,3-5,8-11,13-16H2,1-2H3,(H2,36,43). The molecule has 9 heteroatoms. The zero-order valence-electron chi connectivity index (χ0n) is 25.5. The Morgan fingerprint density at radius 3 is 2.79 bits per heavy atom. The van der Waals surface area contributed by atoms with Gasteiger partial charge >= 0.3 is 0 Å². The number of allylic oxidation sites excluding steroid dienone is 2. The van der Waals surface area contributed by atoms with Crippen LogP contribution >= 0.6 is 0 Å². The molecule has 4 N–H and O–H groups in total. The van der Waals surface area contributed by atoms with Crippen LogP contribution in [0.25, 0.3) is 0 Å². The predicted octanol–water partition coefficient (Wildman–Crippen LogP) is 5.36. The van der Waals surface area contributed by atoms with Crippen molar-refractivity contribution in [2.45, 2.75) is 83.9 Å². The Balaban J connectivity index is 1.31. The molecule has 8 nitrogen and oxygen atoms in total. The Kier molecular flexibility index (Phi) is 9.99. The first kappa shape index (κ1) is 31.4. The van der Waals surface area contributed by atoms with Gasteiger partial charge in [0, 0.05) is 54.2 Å². The Morgan fingerprint density at radius 1 is 1.26 bits per heavy atom. The molecule has 2 aliphatic heterocycles. The van der Waals surface area contributed by atoms with Crippen LogP contribution < -0.4 is 16.0 Å². The van der Waals surface area contributed by atoms with Crippen LogP contribution in [-0.2, 0) is 14.4 Å². The third kappa shape index (κ3) is 6.71. The van der Waals surface area contributed by atoms with Gasteiger partial charge in [-0.25, -0.2) is 4.39 Å². The molecule has 1 aromatic rings. The summed E-state index contributed by atoms with van der Waals surface area (Å²) in [5, 5.41) is 14.4. The van der Waals surface area contributed by atoms with Crippen molar-refractivity contribution in [2.75, 3.05) is 23.3 Å². The van der Waals surface area contributed by atoms with Crippen LogP contribution in [0.4, 0.5) is 15.8 Å². The number of benzene rings is 1. The van der Waals surface area contributed by atoms with Gasteiger partial charge in [-0.1, -0.05) is 20.3 Å². The van der Waals surface area contributed by atoms with Crippen molar-refractivity contribution in [3.63, 3.8) is 0 Å². The van der Waals surface area contributed by atoms with E-state index in [1.807, 2.05) is 25.1 Å². The summed E-state index contributed by atoms with van der Waals surface area (Å²) in [5.41, 5.74) is 8.82. The Hall–Kier alpha value is -3.07. The second-order valence-corrected chi connectivity index (χ2v) is 13.4. The molecule has 43 heavy (non-hydrogen) atoms. The van der Waals surface area contributed by atoms with Crippen molar-refractivity contribution in [1.29, 1.82) is 0 Å². The third-order valence-electron chi connectivity index (χ3n) is 10.8. The molecule has 2 aliphatic carbocycles. The molecular weight excluding hydrogens is 547 g/mol. The largest absolute Gasteiger partial charge is 0.388 e. The average molecular weight is 595 g/mol. The number of hydrogen-bond acceptors (Lipinski definition) is 7. The number of nitrogens with zero attached hydrogens (tertiary/aromatic N) is 2. The molecule has 0 aromatic heterocycles. The van der Waals surface area contributed by atoms with Gasteiger partial charge in [-0.15, -0.1) is 0 Å². The van der Waals surface area contributed by atoms with Crippen molar-refractivity contribution in [3.05, 3.63) is 35.2 Å². The summed E-state index contributed by atoms with van der Waals surface area (Å²) in [6, 6.07) is 5.88. The van der Waals surface area contributed by atoms with Gasteiger partial charge < -0.3 is 30.6 Å². The third-order valence-corrected chi connectivity index (χ3v) is 10.8. The number of nitrogens with one attached hydrogen (secondary N) is 1. The molecule has 0 radical (unpaired) electrons. The van der Waals surface area contributed by atoms with Gasteiger partial charge in [-0.2, -0.15) is 0 Å². The summed E-state index contributed by atoms with van der Waals surface area (Å²) in [5.74, 6) is -0.451. The summed E-state index contributed by atoms with van der Waals surface area (Å²) < 4.78 is 15.4. The maximum atomic E-state index is 15.4. The van der Waals surface area contributed by atoms with Gasteiger partial charge in [-0.3, -0.25) is 9.79 Å². The first-order valence-corrected chi connectivity index (χ1v) is 16.2. The maximum Gasteiger partial charge on any atom is 0.221 e. The highest BCUT2D eigenvalue weighted by Gasteiger charge is 2.54. The molecule has 2 heterocycles. The zero-order valence-corrected chi connectivity index (χ0v) is 25.5. The summed E-state index contributed by atoms with van der Waals surface area (Å²) in [7, 11) is 0. The number of fused-ring (bicyclic) bond motifs is 2. The van der Waals surface area contributed by atoms with Crippen LogP contribution in [0.15, 0.2) is 34.6 Å². The van der Waals surface area contributed by atoms with E-state index in [9.17, 15) is 19.5 Å². The lowest BCUT2D eigenvalue weighted by Crippen LogP contribution is -2.38. The van der Waals surface area contributed by atoms with Crippen LogP contribution in [0, 0.1) is 41.4 Å². The first-order valence-electron chi connectivity index (χ1n) is 16.2. The quantitative estimate of drug-likeness (QED) is 0.296. The van der Waals surface area contributed by atoms with Crippen molar-refractivity contribution in [1.82, 2.24) is 0 Å². The smallest absolute Gasteiger partial charge is 0.221 e. The number of primary amides is 1. The van der Waals surface area contributed by atoms with Gasteiger partial charge in [0.05, 0.1) is 12.3 Å². The monoisotopic (exact) mass is 594 g/mol. The molecule has 1 saturated heterocycles. The molecule has 5 rings (SSSR count). The molecule has 0 spiro atoms. The molecule has 1 aromatic carbocycles. The number of aliphatic hydroxyl groups is 1. The average Bonchev–Trinajstić information content (AvgIpc) is 3.43. The van der Waals surface area contributed by atoms with Crippen molar-refractivity contribution < 1.29 is 23.9 Å². The molecule has 2 bridgehead atoms. The molecule has 2 saturated carbocycles. The molecule has 4 aliphatic rings. The number of anilines is 2. The molecule has 9 atom stereocenters. The van der Waals surface area contributed by atoms with E-state index < -0.39 is 12.3 Å². The second-order valence-electron chi connectivity index (χ2n) is 13.4. The molecule has 9 unspecified atom stereocenters. The number of rotatable bonds is 11. The van der Waals surface area contributed by atoms with Crippen molar-refractivity contribution in [2.24, 2.45) is 52.2 Å². The van der Waals surface area contributed by atoms with E-state index >= 15 is 4.39 Å². The minimum atomic E-state index is -0.921. The number of hydrogen-bond donors (Lipinski definition) is 3. The van der Waals surface area contributed by atoms with Gasteiger partial charge in [0.25, 0.3) is 0 Å². The molecule has 3 fully saturated rings. The maximum absolute atomic E-state index is 15.4. The summed E-state index contributed by atoms with van der Waals surface area (Å²) in [6.45, 7) is 6.08. The summed E-state index contributed by atoms with van der Waals surface area (Å²) in [4.78, 5) is 42.2. The molecule has 1 amide bonds. The summed E-state index contributed by atoms with van der Waals surface area (Å²) >= 11 is 0. The molecular formula is C34H47FN4O4. The molecule has 234 valence electrons. The van der Waals surface area contributed by atoms with E-state index in [0.29, 0.717) is 36.3 Å². The van der Waals surface area contributed by atoms with Gasteiger partial charge in [0.2, 0.25) is 5.91 Å². The van der Waals surface area contributed by atoms with Crippen LogP contribution in [0.5, 0.6) is 0 Å². The van der Waals surface area contributed by atoms with Crippen LogP contribution in [0.3, 0.4) is 0 Å². The first-order chi connectivity index (χ1) is 20.7. The highest BCUT2D eigenvalue weighted by Crippen LogP contribution is 2.57. The van der Waals surface area contributed by atoms with Crippen LogP contribution in [0.1, 0.15) is 83.3 Å². The van der Waals surface area contributed by atoms with E-state index in [2.05, 4.69) is 22.1 Å². The van der Waals surface area contributed by atoms with E-state index in [-0.39, 0.29) is 53.7 Å². The van der Waals surface area contributed by atoms with Gasteiger partial charge in [-0.05, 0) is 92.4 Å². The normalized spacial score (nSPS) is 33.2. The van der Waals surface area contributed by atoms with E-state index in [0.717, 1.165) is 56.3 Å². The number of carbonyl (C=O) groups excluding carboxylic acids is 3. The SMILES string of the molecule is CCC1CCCN(c2ccc(NC3N=CC(F)=C(CC4C5CC(CC5C=O)C4C(N)=O)CC3C)cc2C(O)CC=O)CC1. The summed E-state index contributed by atoms with van der Waals surface area (Å²) in [6.07, 6.45) is 8.62. The Labute approximate surface area is 254 Å². The number of carbonyl (C=O) groups is 3. The minimum absolute atomic E-state index is 0.0125. The number of nitrogens with two attached hydrogens (primary N) is 1.